The van der Waals surface area contributed by atoms with E-state index in [1.807, 2.05) is 45.9 Å². The number of carbonyl (C=O) groups excluding carboxylic acids is 4. The van der Waals surface area contributed by atoms with E-state index in [1.54, 1.807) is 0 Å². The third-order valence-corrected chi connectivity index (χ3v) is 10.9. The van der Waals surface area contributed by atoms with Gasteiger partial charge in [-0.1, -0.05) is 115 Å². The van der Waals surface area contributed by atoms with Crippen molar-refractivity contribution < 1.29 is 19.2 Å². The van der Waals surface area contributed by atoms with Crippen molar-refractivity contribution in [2.24, 2.45) is 0 Å². The van der Waals surface area contributed by atoms with Gasteiger partial charge in [0.05, 0.1) is 11.4 Å². The number of halogens is 2. The Hall–Kier alpha value is -4.00. The van der Waals surface area contributed by atoms with Gasteiger partial charge in [0.2, 0.25) is 0 Å². The molecule has 0 radical (unpaired) electrons. The van der Waals surface area contributed by atoms with E-state index < -0.39 is 10.8 Å². The molecule has 0 spiro atoms. The monoisotopic (exact) mass is 684 g/mol. The van der Waals surface area contributed by atoms with Crippen molar-refractivity contribution in [1.29, 1.82) is 0 Å². The molecule has 0 aromatic heterocycles. The second-order valence-corrected chi connectivity index (χ2v) is 14.1. The normalized spacial score (nSPS) is 15.1. The molecule has 0 unspecified atom stereocenters. The maximum atomic E-state index is 12.7. The van der Waals surface area contributed by atoms with E-state index in [-0.39, 0.29) is 23.6 Å². The second-order valence-electron chi connectivity index (χ2n) is 13.4. The predicted octanol–water partition coefficient (Wildman–Crippen LogP) is 8.75. The number of hydrogen-bond acceptors (Lipinski definition) is 4. The maximum Gasteiger partial charge on any atom is 0.258 e. The maximum absolute atomic E-state index is 12.7. The molecule has 2 aliphatic heterocycles. The summed E-state index contributed by atoms with van der Waals surface area (Å²) in [5, 5.41) is 1.09. The minimum atomic E-state index is -0.549. The Kier molecular flexibility index (Phi) is 9.66. The molecule has 0 N–H and O–H groups in total. The number of hydrogen-bond donors (Lipinski definition) is 0. The molecule has 0 fully saturated rings. The summed E-state index contributed by atoms with van der Waals surface area (Å²) in [5.41, 5.74) is 7.32. The molecule has 0 bridgehead atoms. The summed E-state index contributed by atoms with van der Waals surface area (Å²) in [6.45, 7) is 16.5. The summed E-state index contributed by atoms with van der Waals surface area (Å²) in [6, 6.07) is 12.5. The molecular formula is C40H42Cl2N2O4. The predicted molar refractivity (Wildman–Crippen MR) is 194 cm³/mol. The number of carbonyl (C=O) groups is 4. The lowest BCUT2D eigenvalue weighted by Crippen LogP contribution is -2.32. The molecule has 6 nitrogen and oxygen atoms in total. The summed E-state index contributed by atoms with van der Waals surface area (Å²) in [4.78, 5) is 53.4. The van der Waals surface area contributed by atoms with Gasteiger partial charge in [-0.15, -0.1) is 0 Å². The number of aryl methyl sites for hydroxylation is 2. The first-order valence-electron chi connectivity index (χ1n) is 16.6. The number of anilines is 2. The molecule has 0 saturated carbocycles. The zero-order valence-electron chi connectivity index (χ0n) is 28.9. The summed E-state index contributed by atoms with van der Waals surface area (Å²) < 4.78 is 0. The molecule has 0 aliphatic carbocycles. The van der Waals surface area contributed by atoms with Crippen molar-refractivity contribution in [3.8, 4) is 0 Å². The smallest absolute Gasteiger partial charge is 0.258 e. The van der Waals surface area contributed by atoms with Gasteiger partial charge in [0.25, 0.3) is 23.6 Å². The van der Waals surface area contributed by atoms with Crippen molar-refractivity contribution in [1.82, 2.24) is 0 Å². The highest BCUT2D eigenvalue weighted by Gasteiger charge is 2.37. The minimum Gasteiger partial charge on any atom is -0.269 e. The topological polar surface area (TPSA) is 74.8 Å². The first-order chi connectivity index (χ1) is 22.6. The number of imide groups is 2. The van der Waals surface area contributed by atoms with Crippen LogP contribution in [0.2, 0.25) is 10.0 Å². The summed E-state index contributed by atoms with van der Waals surface area (Å²) in [5.74, 6) is -1.44. The lowest BCUT2D eigenvalue weighted by atomic mass is 9.72. The molecule has 8 heteroatoms. The van der Waals surface area contributed by atoms with Crippen LogP contribution in [0.3, 0.4) is 0 Å². The first-order valence-corrected chi connectivity index (χ1v) is 17.3. The van der Waals surface area contributed by atoms with Gasteiger partial charge < -0.3 is 0 Å². The van der Waals surface area contributed by atoms with E-state index in [0.717, 1.165) is 44.5 Å². The quantitative estimate of drug-likeness (QED) is 0.200. The molecule has 0 atom stereocenters. The van der Waals surface area contributed by atoms with Crippen LogP contribution in [0.15, 0.2) is 60.7 Å². The second kappa shape index (κ2) is 13.1. The molecule has 4 amide bonds. The van der Waals surface area contributed by atoms with Gasteiger partial charge in [0.15, 0.2) is 0 Å². The Morgan fingerprint density at radius 1 is 0.542 bits per heavy atom. The third-order valence-electron chi connectivity index (χ3n) is 10.0. The highest BCUT2D eigenvalue weighted by atomic mass is 35.5. The Morgan fingerprint density at radius 3 is 1.17 bits per heavy atom. The van der Waals surface area contributed by atoms with E-state index in [1.165, 1.54) is 34.1 Å². The molecule has 2 heterocycles. The zero-order chi connectivity index (χ0) is 35.3. The number of amides is 4. The largest absolute Gasteiger partial charge is 0.269 e. The van der Waals surface area contributed by atoms with E-state index in [4.69, 9.17) is 23.2 Å². The summed E-state index contributed by atoms with van der Waals surface area (Å²) in [6.07, 6.45) is 7.54. The Balaban J connectivity index is 1.63. The van der Waals surface area contributed by atoms with Gasteiger partial charge in [-0.3, -0.25) is 19.2 Å². The van der Waals surface area contributed by atoms with Crippen LogP contribution in [0.4, 0.5) is 11.4 Å². The fraction of sp³-hybridized carbons (Fsp3) is 0.350. The molecule has 250 valence electrons. The number of benzene rings is 3. The first kappa shape index (κ1) is 35.3. The Bertz CT molecular complexity index is 1760. The molecule has 3 aromatic rings. The zero-order valence-corrected chi connectivity index (χ0v) is 30.4. The van der Waals surface area contributed by atoms with Crippen LogP contribution < -0.4 is 9.80 Å². The lowest BCUT2D eigenvalue weighted by molar-refractivity contribution is -0.121. The lowest BCUT2D eigenvalue weighted by Gasteiger charge is -2.34. The standard InChI is InChI=1S/C40H42Cl2N2O4/c1-9-23-20-29(35(41)27(11-3)37(23)43-31(45)16-17-32(43)46)39(5,6)25-14-13-15-26(22-25)40(7,8)30-21-24(10-2)38(28(12-4)36(30)42)44-33(47)18-19-34(44)48/h13-22H,9-12H2,1-8H3. The van der Waals surface area contributed by atoms with Crippen LogP contribution in [0.1, 0.15) is 99.9 Å². The Labute approximate surface area is 293 Å². The third kappa shape index (κ3) is 5.63. The van der Waals surface area contributed by atoms with E-state index in [0.29, 0.717) is 47.1 Å². The van der Waals surface area contributed by atoms with E-state index in [2.05, 4.69) is 45.9 Å². The van der Waals surface area contributed by atoms with Gasteiger partial charge in [-0.25, -0.2) is 9.80 Å². The van der Waals surface area contributed by atoms with E-state index in [9.17, 15) is 19.2 Å². The van der Waals surface area contributed by atoms with Crippen LogP contribution >= 0.6 is 23.2 Å². The molecule has 3 aromatic carbocycles. The van der Waals surface area contributed by atoms with Gasteiger partial charge in [-0.2, -0.15) is 0 Å². The van der Waals surface area contributed by atoms with E-state index >= 15 is 0 Å². The van der Waals surface area contributed by atoms with Crippen LogP contribution in [-0.4, -0.2) is 23.6 Å². The van der Waals surface area contributed by atoms with Crippen molar-refractivity contribution >= 4 is 58.2 Å². The van der Waals surface area contributed by atoms with Crippen molar-refractivity contribution in [2.75, 3.05) is 9.80 Å². The average molecular weight is 686 g/mol. The van der Waals surface area contributed by atoms with Gasteiger partial charge in [0, 0.05) is 45.2 Å². The summed E-state index contributed by atoms with van der Waals surface area (Å²) >= 11 is 14.4. The van der Waals surface area contributed by atoms with Crippen LogP contribution in [0.5, 0.6) is 0 Å². The SMILES string of the molecule is CCc1cc(C(C)(C)c2cccc(C(C)(C)c3cc(CC)c(N4C(=O)C=CC4=O)c(CC)c3Cl)c2)c(Cl)c(CC)c1N1C(=O)C=CC1=O. The fourth-order valence-corrected chi connectivity index (χ4v) is 8.06. The molecule has 2 aliphatic rings. The number of rotatable bonds is 10. The number of nitrogens with zero attached hydrogens (tertiary/aromatic N) is 2. The average Bonchev–Trinajstić information content (AvgIpc) is 3.57. The Morgan fingerprint density at radius 2 is 0.875 bits per heavy atom. The van der Waals surface area contributed by atoms with Gasteiger partial charge >= 0.3 is 0 Å². The van der Waals surface area contributed by atoms with Crippen LogP contribution in [-0.2, 0) is 55.7 Å². The highest BCUT2D eigenvalue weighted by molar-refractivity contribution is 6.35. The molecule has 5 rings (SSSR count). The van der Waals surface area contributed by atoms with Gasteiger partial charge in [-0.05, 0) is 70.2 Å². The van der Waals surface area contributed by atoms with Gasteiger partial charge in [0.1, 0.15) is 0 Å². The van der Waals surface area contributed by atoms with Crippen molar-refractivity contribution in [3.63, 3.8) is 0 Å². The fourth-order valence-electron chi connectivity index (χ4n) is 7.03. The molecule has 48 heavy (non-hydrogen) atoms. The van der Waals surface area contributed by atoms with Crippen molar-refractivity contribution in [3.05, 3.63) is 115 Å². The summed E-state index contributed by atoms with van der Waals surface area (Å²) in [7, 11) is 0. The molecular weight excluding hydrogens is 643 g/mol. The van der Waals surface area contributed by atoms with Crippen LogP contribution in [0, 0.1) is 0 Å². The highest BCUT2D eigenvalue weighted by Crippen LogP contribution is 2.47. The van der Waals surface area contributed by atoms with Crippen LogP contribution in [0.25, 0.3) is 0 Å². The minimum absolute atomic E-state index is 0.359. The molecule has 0 saturated heterocycles. The van der Waals surface area contributed by atoms with Crippen molar-refractivity contribution in [2.45, 2.75) is 91.9 Å².